The first kappa shape index (κ1) is 24.3. The molecule has 8 nitrogen and oxygen atoms in total. The Morgan fingerprint density at radius 1 is 1.14 bits per heavy atom. The molecular weight excluding hydrogens is 492 g/mol. The van der Waals surface area contributed by atoms with Crippen molar-refractivity contribution in [1.29, 1.82) is 0 Å². The first-order chi connectivity index (χ1) is 16.5. The van der Waals surface area contributed by atoms with Crippen LogP contribution in [0.5, 0.6) is 5.75 Å². The number of anilines is 1. The molecule has 1 aliphatic heterocycles. The fourth-order valence-electron chi connectivity index (χ4n) is 5.24. The van der Waals surface area contributed by atoms with Gasteiger partial charge in [0.05, 0.1) is 11.5 Å². The van der Waals surface area contributed by atoms with Gasteiger partial charge in [0.15, 0.2) is 21.4 Å². The topological polar surface area (TPSA) is 88.8 Å². The number of piperazine rings is 1. The second-order valence-electron chi connectivity index (χ2n) is 9.55. The van der Waals surface area contributed by atoms with Crippen molar-refractivity contribution in [1.82, 2.24) is 15.0 Å². The SMILES string of the molecule is CS(=O)(=O)c1ccc(OCC2CCC(N3CCN(c4noc(C(F)(F)F)n4)C4CC43)CC2)c(F)c1. The average molecular weight is 519 g/mol. The number of aromatic nitrogens is 2. The van der Waals surface area contributed by atoms with Crippen LogP contribution in [0.3, 0.4) is 0 Å². The Labute approximate surface area is 200 Å². The summed E-state index contributed by atoms with van der Waals surface area (Å²) in [6.45, 7) is 1.63. The number of rotatable bonds is 6. The van der Waals surface area contributed by atoms with Gasteiger partial charge in [-0.05, 0) is 61.4 Å². The van der Waals surface area contributed by atoms with Gasteiger partial charge >= 0.3 is 12.1 Å². The molecule has 2 heterocycles. The number of benzene rings is 1. The first-order valence-electron chi connectivity index (χ1n) is 11.6. The quantitative estimate of drug-likeness (QED) is 0.537. The van der Waals surface area contributed by atoms with Crippen molar-refractivity contribution in [3.8, 4) is 5.75 Å². The van der Waals surface area contributed by atoms with E-state index in [0.717, 1.165) is 51.0 Å². The summed E-state index contributed by atoms with van der Waals surface area (Å²) >= 11 is 0. The molecule has 2 atom stereocenters. The molecule has 2 aromatic rings. The van der Waals surface area contributed by atoms with Crippen LogP contribution >= 0.6 is 0 Å². The highest BCUT2D eigenvalue weighted by Gasteiger charge is 2.52. The Bertz CT molecular complexity index is 1180. The largest absolute Gasteiger partial charge is 0.490 e. The monoisotopic (exact) mass is 518 g/mol. The predicted molar refractivity (Wildman–Crippen MR) is 116 cm³/mol. The lowest BCUT2D eigenvalue weighted by Gasteiger charge is -2.41. The summed E-state index contributed by atoms with van der Waals surface area (Å²) in [6.07, 6.45) is 1.02. The van der Waals surface area contributed by atoms with E-state index in [1.165, 1.54) is 12.1 Å². The van der Waals surface area contributed by atoms with Crippen molar-refractivity contribution >= 4 is 15.8 Å². The summed E-state index contributed by atoms with van der Waals surface area (Å²) in [5.41, 5.74) is 0. The van der Waals surface area contributed by atoms with E-state index >= 15 is 0 Å². The van der Waals surface area contributed by atoms with Crippen molar-refractivity contribution in [3.63, 3.8) is 0 Å². The summed E-state index contributed by atoms with van der Waals surface area (Å²) in [6, 6.07) is 4.44. The summed E-state index contributed by atoms with van der Waals surface area (Å²) in [5, 5.41) is 3.53. The van der Waals surface area contributed by atoms with Gasteiger partial charge in [-0.15, -0.1) is 0 Å². The van der Waals surface area contributed by atoms with Gasteiger partial charge in [-0.1, -0.05) is 0 Å². The molecule has 35 heavy (non-hydrogen) atoms. The molecule has 1 saturated heterocycles. The molecule has 0 radical (unpaired) electrons. The number of halogens is 4. The van der Waals surface area contributed by atoms with Gasteiger partial charge in [0.2, 0.25) is 0 Å². The lowest BCUT2D eigenvalue weighted by Crippen LogP contribution is -2.51. The van der Waals surface area contributed by atoms with Crippen LogP contribution in [-0.2, 0) is 16.0 Å². The molecule has 2 unspecified atom stereocenters. The van der Waals surface area contributed by atoms with Crippen LogP contribution in [-0.4, -0.2) is 67.5 Å². The maximum Gasteiger partial charge on any atom is 0.471 e. The molecule has 192 valence electrons. The molecule has 0 bridgehead atoms. The zero-order chi connectivity index (χ0) is 25.0. The highest BCUT2D eigenvalue weighted by atomic mass is 32.2. The lowest BCUT2D eigenvalue weighted by atomic mass is 9.85. The van der Waals surface area contributed by atoms with E-state index in [1.54, 1.807) is 0 Å². The highest BCUT2D eigenvalue weighted by Crippen LogP contribution is 2.43. The van der Waals surface area contributed by atoms with E-state index in [-0.39, 0.29) is 34.6 Å². The smallest absolute Gasteiger partial charge is 0.471 e. The first-order valence-corrected chi connectivity index (χ1v) is 13.5. The van der Waals surface area contributed by atoms with Gasteiger partial charge in [-0.25, -0.2) is 12.8 Å². The number of hydrogen-bond acceptors (Lipinski definition) is 8. The van der Waals surface area contributed by atoms with Crippen molar-refractivity contribution in [2.45, 2.75) is 61.3 Å². The Balaban J connectivity index is 1.10. The zero-order valence-corrected chi connectivity index (χ0v) is 19.9. The van der Waals surface area contributed by atoms with Crippen LogP contribution < -0.4 is 9.64 Å². The Morgan fingerprint density at radius 2 is 1.89 bits per heavy atom. The third kappa shape index (κ3) is 5.11. The molecule has 1 aromatic heterocycles. The highest BCUT2D eigenvalue weighted by molar-refractivity contribution is 7.90. The minimum absolute atomic E-state index is 0.00197. The van der Waals surface area contributed by atoms with Gasteiger partial charge in [0.25, 0.3) is 5.95 Å². The zero-order valence-electron chi connectivity index (χ0n) is 19.0. The van der Waals surface area contributed by atoms with E-state index in [2.05, 4.69) is 19.6 Å². The molecule has 0 amide bonds. The Hall–Kier alpha value is -2.41. The molecular formula is C22H26F4N4O4S. The second kappa shape index (κ2) is 8.91. The normalized spacial score (nSPS) is 27.5. The maximum absolute atomic E-state index is 14.2. The number of fused-ring (bicyclic) bond motifs is 1. The lowest BCUT2D eigenvalue weighted by molar-refractivity contribution is -0.159. The van der Waals surface area contributed by atoms with Gasteiger partial charge in [0.1, 0.15) is 0 Å². The van der Waals surface area contributed by atoms with Gasteiger partial charge < -0.3 is 14.2 Å². The van der Waals surface area contributed by atoms with Gasteiger partial charge in [0, 0.05) is 37.5 Å². The fourth-order valence-corrected chi connectivity index (χ4v) is 5.88. The number of nitrogens with zero attached hydrogens (tertiary/aromatic N) is 4. The third-order valence-corrected chi connectivity index (χ3v) is 8.27. The Kier molecular flexibility index (Phi) is 6.19. The number of alkyl halides is 3. The van der Waals surface area contributed by atoms with Crippen LogP contribution in [0, 0.1) is 11.7 Å². The predicted octanol–water partition coefficient (Wildman–Crippen LogP) is 3.53. The van der Waals surface area contributed by atoms with Crippen molar-refractivity contribution in [3.05, 3.63) is 29.9 Å². The maximum atomic E-state index is 14.2. The molecule has 2 aliphatic carbocycles. The van der Waals surface area contributed by atoms with Crippen molar-refractivity contribution in [2.24, 2.45) is 5.92 Å². The van der Waals surface area contributed by atoms with E-state index < -0.39 is 27.7 Å². The van der Waals surface area contributed by atoms with E-state index in [1.807, 2.05) is 4.90 Å². The number of hydrogen-bond donors (Lipinski definition) is 0. The van der Waals surface area contributed by atoms with E-state index in [0.29, 0.717) is 19.2 Å². The second-order valence-corrected chi connectivity index (χ2v) is 11.6. The fraction of sp³-hybridized carbons (Fsp3) is 0.636. The molecule has 0 N–H and O–H groups in total. The molecule has 3 aliphatic rings. The molecule has 5 rings (SSSR count). The molecule has 0 spiro atoms. The summed E-state index contributed by atoms with van der Waals surface area (Å²) < 4.78 is 85.7. The summed E-state index contributed by atoms with van der Waals surface area (Å²) in [7, 11) is -3.48. The van der Waals surface area contributed by atoms with Crippen LogP contribution in [0.4, 0.5) is 23.5 Å². The van der Waals surface area contributed by atoms with Crippen LogP contribution in [0.1, 0.15) is 38.0 Å². The van der Waals surface area contributed by atoms with Gasteiger partial charge in [-0.3, -0.25) is 4.90 Å². The summed E-state index contributed by atoms with van der Waals surface area (Å²) in [4.78, 5) is 7.71. The molecule has 13 heteroatoms. The third-order valence-electron chi connectivity index (χ3n) is 7.16. The van der Waals surface area contributed by atoms with E-state index in [4.69, 9.17) is 4.74 Å². The number of ether oxygens (including phenoxy) is 1. The van der Waals surface area contributed by atoms with Crippen molar-refractivity contribution in [2.75, 3.05) is 30.9 Å². The van der Waals surface area contributed by atoms with Crippen LogP contribution in [0.15, 0.2) is 27.6 Å². The number of sulfone groups is 1. The molecule has 1 aromatic carbocycles. The molecule has 2 saturated carbocycles. The van der Waals surface area contributed by atoms with Crippen LogP contribution in [0.2, 0.25) is 0 Å². The Morgan fingerprint density at radius 3 is 2.51 bits per heavy atom. The summed E-state index contributed by atoms with van der Waals surface area (Å²) in [5.74, 6) is -1.69. The average Bonchev–Trinajstić information content (AvgIpc) is 3.43. The molecule has 3 fully saturated rings. The minimum atomic E-state index is -4.65. The van der Waals surface area contributed by atoms with Crippen molar-refractivity contribution < 1.29 is 35.2 Å². The van der Waals surface area contributed by atoms with Crippen LogP contribution in [0.25, 0.3) is 0 Å². The van der Waals surface area contributed by atoms with E-state index in [9.17, 15) is 26.0 Å². The van der Waals surface area contributed by atoms with Gasteiger partial charge in [-0.2, -0.15) is 18.2 Å². The standard InChI is InChI=1S/C22H26F4N4O4S/c1-35(31,32)15-6-7-19(16(23)10-15)33-12-13-2-4-14(5-3-13)29-8-9-30(18-11-17(18)29)21-27-20(34-28-21)22(24,25)26/h6-7,10,13-14,17-18H,2-5,8-9,11-12H2,1H3. The minimum Gasteiger partial charge on any atom is -0.490 e.